The fourth-order valence-corrected chi connectivity index (χ4v) is 4.05. The first-order valence-electron chi connectivity index (χ1n) is 9.16. The second kappa shape index (κ2) is 7.50. The second-order valence-corrected chi connectivity index (χ2v) is 8.34. The van der Waals surface area contributed by atoms with Gasteiger partial charge in [-0.15, -0.1) is 0 Å². The van der Waals surface area contributed by atoms with E-state index in [4.69, 9.17) is 26.8 Å². The molecule has 2 heterocycles. The minimum atomic E-state index is -1.29. The summed E-state index contributed by atoms with van der Waals surface area (Å²) < 4.78 is 25.8. The van der Waals surface area contributed by atoms with Crippen molar-refractivity contribution in [3.8, 4) is 0 Å². The zero-order chi connectivity index (χ0) is 20.7. The van der Waals surface area contributed by atoms with Crippen LogP contribution < -0.4 is 11.1 Å². The number of fused-ring (bicyclic) bond motifs is 2. The lowest BCUT2D eigenvalue weighted by molar-refractivity contribution is -0.142. The molecule has 3 rings (SSSR count). The van der Waals surface area contributed by atoms with Crippen molar-refractivity contribution in [2.45, 2.75) is 50.4 Å². The summed E-state index contributed by atoms with van der Waals surface area (Å²) in [6.07, 6.45) is 0.551. The SMILES string of the molecule is COC(C)(C)C[C@H](N)C(=O)N1CCC[C@@]2(C1)OC(=O)Nc1ccc(Cl)c(F)c12. The number of amides is 2. The van der Waals surface area contributed by atoms with Crippen LogP contribution in [0, 0.1) is 5.82 Å². The number of benzene rings is 1. The number of carbonyl (C=O) groups excluding carboxylic acids is 2. The molecule has 2 amide bonds. The number of carbonyl (C=O) groups is 2. The molecule has 2 aliphatic rings. The number of nitrogens with zero attached hydrogens (tertiary/aromatic N) is 1. The van der Waals surface area contributed by atoms with Crippen LogP contribution in [-0.2, 0) is 19.9 Å². The zero-order valence-corrected chi connectivity index (χ0v) is 16.9. The number of nitrogens with two attached hydrogens (primary N) is 1. The summed E-state index contributed by atoms with van der Waals surface area (Å²) in [5, 5.41) is 2.43. The highest BCUT2D eigenvalue weighted by molar-refractivity contribution is 6.31. The molecule has 3 N–H and O–H groups in total. The van der Waals surface area contributed by atoms with Crippen molar-refractivity contribution in [3.63, 3.8) is 0 Å². The van der Waals surface area contributed by atoms with E-state index in [1.807, 2.05) is 13.8 Å². The fraction of sp³-hybridized carbons (Fsp3) is 0.579. The molecule has 0 aliphatic carbocycles. The lowest BCUT2D eigenvalue weighted by Crippen LogP contribution is -2.57. The molecular weight excluding hydrogens is 389 g/mol. The van der Waals surface area contributed by atoms with Gasteiger partial charge >= 0.3 is 6.09 Å². The van der Waals surface area contributed by atoms with E-state index in [-0.39, 0.29) is 23.0 Å². The number of anilines is 1. The predicted octanol–water partition coefficient (Wildman–Crippen LogP) is 3.00. The van der Waals surface area contributed by atoms with Crippen LogP contribution in [0.4, 0.5) is 14.9 Å². The maximum absolute atomic E-state index is 14.9. The highest BCUT2D eigenvalue weighted by atomic mass is 35.5. The van der Waals surface area contributed by atoms with Gasteiger partial charge in [0.25, 0.3) is 0 Å². The highest BCUT2D eigenvalue weighted by Gasteiger charge is 2.49. The van der Waals surface area contributed by atoms with Crippen LogP contribution in [0.15, 0.2) is 12.1 Å². The third kappa shape index (κ3) is 3.81. The summed E-state index contributed by atoms with van der Waals surface area (Å²) in [4.78, 5) is 26.6. The second-order valence-electron chi connectivity index (χ2n) is 7.93. The Labute approximate surface area is 168 Å². The molecule has 2 aliphatic heterocycles. The molecule has 7 nitrogen and oxygen atoms in total. The van der Waals surface area contributed by atoms with Gasteiger partial charge in [-0.25, -0.2) is 9.18 Å². The Morgan fingerprint density at radius 3 is 2.93 bits per heavy atom. The fourth-order valence-electron chi connectivity index (χ4n) is 3.90. The smallest absolute Gasteiger partial charge is 0.412 e. The summed E-state index contributed by atoms with van der Waals surface area (Å²) in [5.41, 5.74) is 4.74. The van der Waals surface area contributed by atoms with Crippen LogP contribution in [0.1, 0.15) is 38.7 Å². The van der Waals surface area contributed by atoms with Gasteiger partial charge in [-0.3, -0.25) is 10.1 Å². The minimum absolute atomic E-state index is 0.0185. The molecule has 2 atom stereocenters. The molecule has 154 valence electrons. The number of nitrogens with one attached hydrogen (secondary N) is 1. The minimum Gasteiger partial charge on any atom is -0.436 e. The quantitative estimate of drug-likeness (QED) is 0.791. The van der Waals surface area contributed by atoms with Gasteiger partial charge in [0.2, 0.25) is 5.91 Å². The van der Waals surface area contributed by atoms with Gasteiger partial charge in [0, 0.05) is 13.7 Å². The molecule has 1 saturated heterocycles. The zero-order valence-electron chi connectivity index (χ0n) is 16.2. The average molecular weight is 414 g/mol. The first-order valence-corrected chi connectivity index (χ1v) is 9.54. The van der Waals surface area contributed by atoms with Crippen LogP contribution in [0.5, 0.6) is 0 Å². The molecule has 1 aromatic rings. The topological polar surface area (TPSA) is 93.9 Å². The number of rotatable bonds is 4. The van der Waals surface area contributed by atoms with E-state index in [9.17, 15) is 14.0 Å². The number of halogens is 2. The summed E-state index contributed by atoms with van der Waals surface area (Å²) in [6.45, 7) is 4.16. The first-order chi connectivity index (χ1) is 13.1. The molecule has 1 spiro atoms. The predicted molar refractivity (Wildman–Crippen MR) is 103 cm³/mol. The number of hydrogen-bond acceptors (Lipinski definition) is 5. The van der Waals surface area contributed by atoms with Gasteiger partial charge in [-0.05, 0) is 45.2 Å². The maximum atomic E-state index is 14.9. The van der Waals surface area contributed by atoms with E-state index in [0.29, 0.717) is 31.5 Å². The van der Waals surface area contributed by atoms with E-state index < -0.39 is 29.2 Å². The van der Waals surface area contributed by atoms with E-state index in [1.165, 1.54) is 17.0 Å². The van der Waals surface area contributed by atoms with Gasteiger partial charge in [0.15, 0.2) is 11.4 Å². The largest absolute Gasteiger partial charge is 0.436 e. The standard InChI is InChI=1S/C19H25ClFN3O4/c1-18(2,27-3)9-12(22)16(25)24-8-4-7-19(10-24)14-13(23-17(26)28-19)6-5-11(20)15(14)21/h5-6,12H,4,7-10,22H2,1-3H3,(H,23,26)/t12-,19-/m0/s1. The third-order valence-electron chi connectivity index (χ3n) is 5.42. The monoisotopic (exact) mass is 413 g/mol. The first kappa shape index (κ1) is 20.8. The lowest BCUT2D eigenvalue weighted by Gasteiger charge is -2.45. The number of methoxy groups -OCH3 is 1. The third-order valence-corrected chi connectivity index (χ3v) is 5.72. The van der Waals surface area contributed by atoms with Gasteiger partial charge in [0.05, 0.1) is 34.5 Å². The summed E-state index contributed by atoms with van der Waals surface area (Å²) in [6, 6.07) is 2.13. The van der Waals surface area contributed by atoms with Crippen molar-refractivity contribution in [3.05, 3.63) is 28.5 Å². The Morgan fingerprint density at radius 2 is 2.25 bits per heavy atom. The molecule has 1 fully saturated rings. The Balaban J connectivity index is 1.90. The molecule has 0 saturated carbocycles. The van der Waals surface area contributed by atoms with E-state index in [1.54, 1.807) is 7.11 Å². The Hall–Kier alpha value is -1.90. The normalized spacial score (nSPS) is 23.1. The van der Waals surface area contributed by atoms with Crippen LogP contribution in [0.2, 0.25) is 5.02 Å². The van der Waals surface area contributed by atoms with Crippen molar-refractivity contribution in [1.82, 2.24) is 4.90 Å². The molecule has 0 bridgehead atoms. The van der Waals surface area contributed by atoms with Crippen molar-refractivity contribution >= 4 is 29.3 Å². The Bertz CT molecular complexity index is 804. The number of likely N-dealkylation sites (tertiary alicyclic amines) is 1. The molecule has 9 heteroatoms. The van der Waals surface area contributed by atoms with E-state index >= 15 is 0 Å². The van der Waals surface area contributed by atoms with Crippen LogP contribution in [0.25, 0.3) is 0 Å². The molecule has 0 unspecified atom stereocenters. The number of ether oxygens (including phenoxy) is 2. The highest BCUT2D eigenvalue weighted by Crippen LogP contribution is 2.45. The van der Waals surface area contributed by atoms with E-state index in [0.717, 1.165) is 0 Å². The summed E-state index contributed by atoms with van der Waals surface area (Å²) >= 11 is 5.96. The number of hydrogen-bond donors (Lipinski definition) is 2. The average Bonchev–Trinajstić information content (AvgIpc) is 2.63. The summed E-state index contributed by atoms with van der Waals surface area (Å²) in [7, 11) is 1.56. The van der Waals surface area contributed by atoms with Gasteiger partial charge in [-0.1, -0.05) is 11.6 Å². The molecule has 0 aromatic heterocycles. The summed E-state index contributed by atoms with van der Waals surface area (Å²) in [5.74, 6) is -0.943. The van der Waals surface area contributed by atoms with Crippen LogP contribution in [0.3, 0.4) is 0 Å². The van der Waals surface area contributed by atoms with Crippen molar-refractivity contribution in [1.29, 1.82) is 0 Å². The van der Waals surface area contributed by atoms with E-state index in [2.05, 4.69) is 5.32 Å². The molecule has 28 heavy (non-hydrogen) atoms. The van der Waals surface area contributed by atoms with Gasteiger partial charge in [-0.2, -0.15) is 0 Å². The van der Waals surface area contributed by atoms with Gasteiger partial charge < -0.3 is 20.1 Å². The van der Waals surface area contributed by atoms with Crippen molar-refractivity contribution < 1.29 is 23.5 Å². The van der Waals surface area contributed by atoms with Gasteiger partial charge in [0.1, 0.15) is 0 Å². The van der Waals surface area contributed by atoms with Crippen LogP contribution >= 0.6 is 11.6 Å². The van der Waals surface area contributed by atoms with Crippen molar-refractivity contribution in [2.24, 2.45) is 5.73 Å². The Kier molecular flexibility index (Phi) is 5.58. The molecule has 1 aromatic carbocycles. The molecule has 0 radical (unpaired) electrons. The lowest BCUT2D eigenvalue weighted by atomic mass is 9.82. The van der Waals surface area contributed by atoms with Crippen molar-refractivity contribution in [2.75, 3.05) is 25.5 Å². The van der Waals surface area contributed by atoms with Crippen LogP contribution in [-0.4, -0.2) is 48.7 Å². The Morgan fingerprint density at radius 1 is 1.54 bits per heavy atom. The molecular formula is C19H25ClFN3O4. The number of piperidine rings is 1. The maximum Gasteiger partial charge on any atom is 0.412 e.